The highest BCUT2D eigenvalue weighted by Gasteiger charge is 2.20. The van der Waals surface area contributed by atoms with E-state index < -0.39 is 0 Å². The second kappa shape index (κ2) is 7.73. The number of nitrogens with one attached hydrogen (secondary N) is 1. The fourth-order valence-corrected chi connectivity index (χ4v) is 4.11. The van der Waals surface area contributed by atoms with Gasteiger partial charge in [0.05, 0.1) is 32.7 Å². The molecule has 0 spiro atoms. The monoisotopic (exact) mass is 434 g/mol. The number of aromatic nitrogens is 6. The lowest BCUT2D eigenvalue weighted by atomic mass is 10.1. The van der Waals surface area contributed by atoms with E-state index in [1.807, 2.05) is 48.5 Å². The van der Waals surface area contributed by atoms with Gasteiger partial charge in [-0.2, -0.15) is 14.7 Å². The van der Waals surface area contributed by atoms with E-state index in [0.717, 1.165) is 27.5 Å². The van der Waals surface area contributed by atoms with Crippen LogP contribution in [-0.2, 0) is 0 Å². The largest absolute Gasteiger partial charge is 0.493 e. The molecule has 0 atom stereocenters. The van der Waals surface area contributed by atoms with Crippen LogP contribution in [0, 0.1) is 0 Å². The van der Waals surface area contributed by atoms with Crippen molar-refractivity contribution in [1.82, 2.24) is 30.0 Å². The van der Waals surface area contributed by atoms with Crippen molar-refractivity contribution in [3.63, 3.8) is 0 Å². The van der Waals surface area contributed by atoms with Gasteiger partial charge in [0.1, 0.15) is 0 Å². The maximum absolute atomic E-state index is 5.46. The van der Waals surface area contributed by atoms with Crippen LogP contribution in [0.3, 0.4) is 0 Å². The predicted octanol–water partition coefficient (Wildman–Crippen LogP) is 3.94. The van der Waals surface area contributed by atoms with Crippen molar-refractivity contribution in [3.05, 3.63) is 48.5 Å². The number of rotatable bonds is 6. The molecule has 1 N–H and O–H groups in total. The van der Waals surface area contributed by atoms with Crippen molar-refractivity contribution >= 4 is 16.3 Å². The first kappa shape index (κ1) is 19.1. The first-order valence-corrected chi connectivity index (χ1v) is 10.2. The first-order valence-electron chi connectivity index (χ1n) is 9.35. The highest BCUT2D eigenvalue weighted by atomic mass is 32.1. The third kappa shape index (κ3) is 3.26. The zero-order valence-electron chi connectivity index (χ0n) is 17.0. The minimum Gasteiger partial charge on any atom is -0.493 e. The second-order valence-corrected chi connectivity index (χ2v) is 7.53. The Morgan fingerprint density at radius 1 is 0.871 bits per heavy atom. The summed E-state index contributed by atoms with van der Waals surface area (Å²) in [5, 5.41) is 21.5. The summed E-state index contributed by atoms with van der Waals surface area (Å²) in [7, 11) is 4.71. The van der Waals surface area contributed by atoms with Gasteiger partial charge in [-0.05, 0) is 18.2 Å². The normalized spacial score (nSPS) is 11.1. The van der Waals surface area contributed by atoms with Crippen LogP contribution in [-0.4, -0.2) is 51.3 Å². The second-order valence-electron chi connectivity index (χ2n) is 6.57. The van der Waals surface area contributed by atoms with Crippen LogP contribution in [0.1, 0.15) is 0 Å². The zero-order chi connectivity index (χ0) is 21.4. The van der Waals surface area contributed by atoms with Crippen LogP contribution in [0.5, 0.6) is 17.2 Å². The highest BCUT2D eigenvalue weighted by molar-refractivity contribution is 7.19. The zero-order valence-corrected chi connectivity index (χ0v) is 17.8. The van der Waals surface area contributed by atoms with Crippen LogP contribution >= 0.6 is 11.3 Å². The molecule has 5 rings (SSSR count). The van der Waals surface area contributed by atoms with Crippen LogP contribution in [0.15, 0.2) is 48.5 Å². The summed E-state index contributed by atoms with van der Waals surface area (Å²) in [6.45, 7) is 0. The van der Waals surface area contributed by atoms with Gasteiger partial charge >= 0.3 is 0 Å². The molecule has 3 aromatic heterocycles. The maximum atomic E-state index is 5.46. The maximum Gasteiger partial charge on any atom is 0.235 e. The van der Waals surface area contributed by atoms with Crippen molar-refractivity contribution in [2.75, 3.05) is 21.3 Å². The van der Waals surface area contributed by atoms with E-state index in [-0.39, 0.29) is 0 Å². The molecule has 0 radical (unpaired) electrons. The Bertz CT molecular complexity index is 1330. The Hall–Kier alpha value is -3.92. The van der Waals surface area contributed by atoms with Crippen molar-refractivity contribution in [3.8, 4) is 50.6 Å². The van der Waals surface area contributed by atoms with Gasteiger partial charge in [-0.25, -0.2) is 0 Å². The predicted molar refractivity (Wildman–Crippen MR) is 117 cm³/mol. The number of fused-ring (bicyclic) bond motifs is 1. The van der Waals surface area contributed by atoms with Gasteiger partial charge in [0.15, 0.2) is 22.3 Å². The van der Waals surface area contributed by atoms with Crippen molar-refractivity contribution in [2.24, 2.45) is 0 Å². The number of methoxy groups -OCH3 is 3. The Balaban J connectivity index is 1.56. The summed E-state index contributed by atoms with van der Waals surface area (Å²) in [5.74, 6) is 2.15. The van der Waals surface area contributed by atoms with Gasteiger partial charge in [-0.15, -0.1) is 10.2 Å². The van der Waals surface area contributed by atoms with E-state index >= 15 is 0 Å². The van der Waals surface area contributed by atoms with E-state index in [9.17, 15) is 0 Å². The number of ether oxygens (including phenoxy) is 3. The molecule has 0 unspecified atom stereocenters. The molecular formula is C21H18N6O3S. The minimum absolute atomic E-state index is 0.513. The number of aromatic amines is 1. The van der Waals surface area contributed by atoms with Gasteiger partial charge in [-0.1, -0.05) is 41.7 Å². The Kier molecular flexibility index (Phi) is 4.75. The molecule has 2 aromatic carbocycles. The summed E-state index contributed by atoms with van der Waals surface area (Å²) in [4.78, 5) is 0.662. The van der Waals surface area contributed by atoms with Gasteiger partial charge in [-0.3, -0.25) is 5.10 Å². The fourth-order valence-electron chi connectivity index (χ4n) is 3.30. The molecule has 0 fully saturated rings. The third-order valence-electron chi connectivity index (χ3n) is 4.79. The summed E-state index contributed by atoms with van der Waals surface area (Å²) < 4.78 is 18.0. The van der Waals surface area contributed by atoms with Gasteiger partial charge in [0.2, 0.25) is 10.7 Å². The molecule has 5 aromatic rings. The summed E-state index contributed by atoms with van der Waals surface area (Å²) in [6, 6.07) is 15.6. The highest BCUT2D eigenvalue weighted by Crippen LogP contribution is 2.41. The van der Waals surface area contributed by atoms with Gasteiger partial charge in [0, 0.05) is 11.1 Å². The molecule has 0 saturated carbocycles. The Morgan fingerprint density at radius 3 is 2.29 bits per heavy atom. The molecule has 0 bridgehead atoms. The number of H-pyrrole nitrogens is 1. The first-order chi connectivity index (χ1) is 15.2. The SMILES string of the molecule is COc1cc(-c2nnc3sc(-c4cc(-c5ccccc5)n[nH]4)nn23)cc(OC)c1OC. The van der Waals surface area contributed by atoms with E-state index in [0.29, 0.717) is 28.0 Å². The number of benzene rings is 2. The average Bonchev–Trinajstić information content (AvgIpc) is 3.54. The lowest BCUT2D eigenvalue weighted by Crippen LogP contribution is -1.97. The fraction of sp³-hybridized carbons (Fsp3) is 0.143. The molecule has 0 aliphatic carbocycles. The molecule has 0 saturated heterocycles. The molecular weight excluding hydrogens is 416 g/mol. The van der Waals surface area contributed by atoms with Gasteiger partial charge in [0.25, 0.3) is 0 Å². The number of hydrogen-bond acceptors (Lipinski definition) is 8. The van der Waals surface area contributed by atoms with Crippen LogP contribution in [0.2, 0.25) is 0 Å². The van der Waals surface area contributed by atoms with E-state index in [4.69, 9.17) is 19.3 Å². The average molecular weight is 434 g/mol. The quantitative estimate of drug-likeness (QED) is 0.432. The lowest BCUT2D eigenvalue weighted by Gasteiger charge is -2.13. The van der Waals surface area contributed by atoms with Crippen molar-refractivity contribution < 1.29 is 14.2 Å². The smallest absolute Gasteiger partial charge is 0.235 e. The van der Waals surface area contributed by atoms with E-state index in [1.165, 1.54) is 11.3 Å². The topological polar surface area (TPSA) is 99.5 Å². The minimum atomic E-state index is 0.513. The summed E-state index contributed by atoms with van der Waals surface area (Å²) in [5.41, 5.74) is 3.44. The molecule has 3 heterocycles. The molecule has 9 nitrogen and oxygen atoms in total. The molecule has 0 aliphatic rings. The molecule has 0 amide bonds. The van der Waals surface area contributed by atoms with Crippen LogP contribution in [0.4, 0.5) is 0 Å². The summed E-state index contributed by atoms with van der Waals surface area (Å²) in [6.07, 6.45) is 0. The van der Waals surface area contributed by atoms with Crippen LogP contribution in [0.25, 0.3) is 38.3 Å². The number of hydrogen-bond donors (Lipinski definition) is 1. The summed E-state index contributed by atoms with van der Waals surface area (Å²) >= 11 is 1.42. The van der Waals surface area contributed by atoms with Crippen molar-refractivity contribution in [1.29, 1.82) is 0 Å². The van der Waals surface area contributed by atoms with Gasteiger partial charge < -0.3 is 14.2 Å². The molecule has 0 aliphatic heterocycles. The van der Waals surface area contributed by atoms with E-state index in [2.05, 4.69) is 20.4 Å². The Morgan fingerprint density at radius 2 is 1.61 bits per heavy atom. The number of nitrogens with zero attached hydrogens (tertiary/aromatic N) is 5. The standard InChI is InChI=1S/C21H18N6O3S/c1-28-16-9-13(10-17(29-2)18(16)30-3)19-24-25-21-27(19)26-20(31-21)15-11-14(22-23-15)12-7-5-4-6-8-12/h4-11H,1-3H3,(H,22,23). The molecule has 10 heteroatoms. The van der Waals surface area contributed by atoms with Crippen LogP contribution < -0.4 is 14.2 Å². The van der Waals surface area contributed by atoms with E-state index in [1.54, 1.807) is 25.8 Å². The third-order valence-corrected chi connectivity index (χ3v) is 5.72. The Labute approximate surface area is 181 Å². The van der Waals surface area contributed by atoms with Crippen molar-refractivity contribution in [2.45, 2.75) is 0 Å². The lowest BCUT2D eigenvalue weighted by molar-refractivity contribution is 0.324. The molecule has 31 heavy (non-hydrogen) atoms. The molecule has 156 valence electrons.